The molecule has 3 heteroatoms. The molecule has 3 nitrogen and oxygen atoms in total. The second-order valence-corrected chi connectivity index (χ2v) is 3.51. The lowest BCUT2D eigenvalue weighted by Gasteiger charge is -2.24. The van der Waals surface area contributed by atoms with Gasteiger partial charge in [0.1, 0.15) is 12.2 Å². The summed E-state index contributed by atoms with van der Waals surface area (Å²) < 4.78 is 5.51. The van der Waals surface area contributed by atoms with Gasteiger partial charge in [-0.15, -0.1) is 0 Å². The Labute approximate surface area is 88.8 Å². The number of hydrogen-bond acceptors (Lipinski definition) is 3. The molecule has 1 aliphatic heterocycles. The highest BCUT2D eigenvalue weighted by Gasteiger charge is 2.21. The number of hydrogen-bond donors (Lipinski definition) is 1. The van der Waals surface area contributed by atoms with E-state index < -0.39 is 0 Å². The largest absolute Gasteiger partial charge is 0.470 e. The lowest BCUT2D eigenvalue weighted by molar-refractivity contribution is 0.0907. The highest BCUT2D eigenvalue weighted by atomic mass is 16.5. The maximum Gasteiger partial charge on any atom is 0.198 e. The molecule has 1 heterocycles. The Hall–Kier alpha value is -1.95. The lowest BCUT2D eigenvalue weighted by atomic mass is 10.00. The Morgan fingerprint density at radius 1 is 1.33 bits per heavy atom. The van der Waals surface area contributed by atoms with Gasteiger partial charge in [0.25, 0.3) is 0 Å². The highest BCUT2D eigenvalue weighted by molar-refractivity contribution is 5.27. The SMILES string of the molecule is N#CC1=C(N)O[C@H](c2ccccc2)CC1. The van der Waals surface area contributed by atoms with Crippen LogP contribution in [0, 0.1) is 11.3 Å². The molecule has 0 unspecified atom stereocenters. The van der Waals surface area contributed by atoms with Crippen LogP contribution in [0.15, 0.2) is 41.8 Å². The normalized spacial score (nSPS) is 20.6. The number of rotatable bonds is 1. The van der Waals surface area contributed by atoms with Crippen LogP contribution in [-0.2, 0) is 4.74 Å². The number of benzene rings is 1. The maximum atomic E-state index is 8.75. The van der Waals surface area contributed by atoms with Crippen molar-refractivity contribution in [1.29, 1.82) is 5.26 Å². The summed E-state index contributed by atoms with van der Waals surface area (Å²) in [6.07, 6.45) is 1.50. The van der Waals surface area contributed by atoms with Gasteiger partial charge < -0.3 is 10.5 Å². The van der Waals surface area contributed by atoms with Crippen molar-refractivity contribution < 1.29 is 4.74 Å². The summed E-state index contributed by atoms with van der Waals surface area (Å²) in [7, 11) is 0. The monoisotopic (exact) mass is 200 g/mol. The van der Waals surface area contributed by atoms with Gasteiger partial charge >= 0.3 is 0 Å². The molecule has 0 saturated heterocycles. The van der Waals surface area contributed by atoms with E-state index in [-0.39, 0.29) is 12.0 Å². The molecule has 0 amide bonds. The maximum absolute atomic E-state index is 8.75. The molecule has 1 atom stereocenters. The summed E-state index contributed by atoms with van der Waals surface area (Å²) in [6, 6.07) is 12.0. The topological polar surface area (TPSA) is 59.0 Å². The van der Waals surface area contributed by atoms with E-state index in [0.717, 1.165) is 12.0 Å². The summed E-state index contributed by atoms with van der Waals surface area (Å²) in [5, 5.41) is 8.75. The van der Waals surface area contributed by atoms with E-state index in [0.29, 0.717) is 12.0 Å². The third-order valence-electron chi connectivity index (χ3n) is 2.53. The summed E-state index contributed by atoms with van der Waals surface area (Å²) in [5.41, 5.74) is 7.32. The van der Waals surface area contributed by atoms with Crippen molar-refractivity contribution in [3.8, 4) is 6.07 Å². The Bertz CT molecular complexity index is 417. The second kappa shape index (κ2) is 4.05. The van der Waals surface area contributed by atoms with E-state index >= 15 is 0 Å². The standard InChI is InChI=1S/C12H12N2O/c13-8-10-6-7-11(15-12(10)14)9-4-2-1-3-5-9/h1-5,11H,6-7,14H2/t11-/m0/s1. The molecule has 0 radical (unpaired) electrons. The minimum atomic E-state index is -0.0108. The van der Waals surface area contributed by atoms with Crippen molar-refractivity contribution in [1.82, 2.24) is 0 Å². The van der Waals surface area contributed by atoms with Crippen LogP contribution in [0.5, 0.6) is 0 Å². The molecule has 1 aromatic carbocycles. The zero-order chi connectivity index (χ0) is 10.7. The number of nitrogens with zero attached hydrogens (tertiary/aromatic N) is 1. The van der Waals surface area contributed by atoms with Crippen LogP contribution >= 0.6 is 0 Å². The summed E-state index contributed by atoms with van der Waals surface area (Å²) >= 11 is 0. The first-order valence-corrected chi connectivity index (χ1v) is 4.91. The summed E-state index contributed by atoms with van der Waals surface area (Å²) in [6.45, 7) is 0. The average molecular weight is 200 g/mol. The fraction of sp³-hybridized carbons (Fsp3) is 0.250. The Morgan fingerprint density at radius 2 is 2.07 bits per heavy atom. The van der Waals surface area contributed by atoms with E-state index in [2.05, 4.69) is 6.07 Å². The van der Waals surface area contributed by atoms with Crippen molar-refractivity contribution in [2.75, 3.05) is 0 Å². The van der Waals surface area contributed by atoms with Crippen molar-refractivity contribution in [2.24, 2.45) is 5.73 Å². The summed E-state index contributed by atoms with van der Waals surface area (Å²) in [4.78, 5) is 0. The van der Waals surface area contributed by atoms with Gasteiger partial charge in [-0.05, 0) is 18.4 Å². The predicted octanol–water partition coefficient (Wildman–Crippen LogP) is 2.23. The molecule has 76 valence electrons. The molecule has 0 fully saturated rings. The van der Waals surface area contributed by atoms with Crippen LogP contribution in [0.2, 0.25) is 0 Å². The average Bonchev–Trinajstić information content (AvgIpc) is 2.30. The number of allylic oxidation sites excluding steroid dienone is 1. The van der Waals surface area contributed by atoms with Crippen LogP contribution in [0.25, 0.3) is 0 Å². The fourth-order valence-electron chi connectivity index (χ4n) is 1.70. The third kappa shape index (κ3) is 1.94. The molecule has 15 heavy (non-hydrogen) atoms. The van der Waals surface area contributed by atoms with Crippen molar-refractivity contribution in [2.45, 2.75) is 18.9 Å². The Morgan fingerprint density at radius 3 is 2.67 bits per heavy atom. The number of ether oxygens (including phenoxy) is 1. The summed E-state index contributed by atoms with van der Waals surface area (Å²) in [5.74, 6) is 0.276. The van der Waals surface area contributed by atoms with Gasteiger partial charge in [-0.2, -0.15) is 5.26 Å². The fourth-order valence-corrected chi connectivity index (χ4v) is 1.70. The number of nitrogens with two attached hydrogens (primary N) is 1. The molecule has 2 N–H and O–H groups in total. The second-order valence-electron chi connectivity index (χ2n) is 3.51. The first kappa shape index (κ1) is 9.60. The van der Waals surface area contributed by atoms with Crippen molar-refractivity contribution >= 4 is 0 Å². The van der Waals surface area contributed by atoms with Crippen LogP contribution < -0.4 is 5.73 Å². The third-order valence-corrected chi connectivity index (χ3v) is 2.53. The van der Waals surface area contributed by atoms with Gasteiger partial charge in [0.2, 0.25) is 0 Å². The first-order valence-electron chi connectivity index (χ1n) is 4.91. The van der Waals surface area contributed by atoms with Crippen molar-refractivity contribution in [3.05, 3.63) is 47.4 Å². The van der Waals surface area contributed by atoms with Crippen LogP contribution in [-0.4, -0.2) is 0 Å². The lowest BCUT2D eigenvalue weighted by Crippen LogP contribution is -2.17. The van der Waals surface area contributed by atoms with Crippen LogP contribution in [0.4, 0.5) is 0 Å². The molecular formula is C12H12N2O. The van der Waals surface area contributed by atoms with Gasteiger partial charge in [0, 0.05) is 0 Å². The van der Waals surface area contributed by atoms with E-state index in [1.54, 1.807) is 0 Å². The van der Waals surface area contributed by atoms with Crippen LogP contribution in [0.3, 0.4) is 0 Å². The van der Waals surface area contributed by atoms with Gasteiger partial charge in [-0.3, -0.25) is 0 Å². The van der Waals surface area contributed by atoms with Gasteiger partial charge in [0.05, 0.1) is 5.57 Å². The van der Waals surface area contributed by atoms with E-state index in [9.17, 15) is 0 Å². The quantitative estimate of drug-likeness (QED) is 0.756. The minimum absolute atomic E-state index is 0.0108. The van der Waals surface area contributed by atoms with Gasteiger partial charge in [-0.25, -0.2) is 0 Å². The zero-order valence-corrected chi connectivity index (χ0v) is 8.31. The van der Waals surface area contributed by atoms with E-state index in [1.165, 1.54) is 0 Å². The van der Waals surface area contributed by atoms with E-state index in [4.69, 9.17) is 15.7 Å². The Kier molecular flexibility index (Phi) is 2.59. The van der Waals surface area contributed by atoms with Crippen LogP contribution in [0.1, 0.15) is 24.5 Å². The molecule has 0 spiro atoms. The predicted molar refractivity (Wildman–Crippen MR) is 56.3 cm³/mol. The van der Waals surface area contributed by atoms with Gasteiger partial charge in [0.15, 0.2) is 5.88 Å². The smallest absolute Gasteiger partial charge is 0.198 e. The van der Waals surface area contributed by atoms with Gasteiger partial charge in [-0.1, -0.05) is 30.3 Å². The molecule has 2 rings (SSSR count). The molecule has 0 aromatic heterocycles. The number of nitriles is 1. The zero-order valence-electron chi connectivity index (χ0n) is 8.31. The minimum Gasteiger partial charge on any atom is -0.470 e. The molecule has 1 aromatic rings. The molecule has 0 aliphatic carbocycles. The highest BCUT2D eigenvalue weighted by Crippen LogP contribution is 2.31. The van der Waals surface area contributed by atoms with Crippen molar-refractivity contribution in [3.63, 3.8) is 0 Å². The molecule has 0 saturated carbocycles. The molecular weight excluding hydrogens is 188 g/mol. The van der Waals surface area contributed by atoms with E-state index in [1.807, 2.05) is 30.3 Å². The molecule has 1 aliphatic rings. The Balaban J connectivity index is 2.18. The first-order chi connectivity index (χ1) is 7.31. The molecule has 0 bridgehead atoms.